The van der Waals surface area contributed by atoms with Crippen LogP contribution in [0.1, 0.15) is 36.5 Å². The Balaban J connectivity index is 1.41. The zero-order chi connectivity index (χ0) is 23.7. The molecule has 0 atom stereocenters. The van der Waals surface area contributed by atoms with Crippen molar-refractivity contribution in [2.45, 2.75) is 32.5 Å². The van der Waals surface area contributed by atoms with Gasteiger partial charge in [0, 0.05) is 25.4 Å². The lowest BCUT2D eigenvalue weighted by molar-refractivity contribution is -0.137. The van der Waals surface area contributed by atoms with E-state index < -0.39 is 11.7 Å². The first-order valence-corrected chi connectivity index (χ1v) is 10.8. The van der Waals surface area contributed by atoms with Crippen LogP contribution in [-0.4, -0.2) is 37.9 Å². The van der Waals surface area contributed by atoms with E-state index in [1.165, 1.54) is 12.1 Å². The molecule has 0 unspecified atom stereocenters. The molecule has 0 bridgehead atoms. The van der Waals surface area contributed by atoms with Crippen LogP contribution in [0.15, 0.2) is 53.7 Å². The number of nitrogens with one attached hydrogen (secondary N) is 2. The minimum atomic E-state index is -4.36. The number of hydrogen-bond donors (Lipinski definition) is 2. The number of oxime groups is 1. The minimum absolute atomic E-state index is 0.0556. The Labute approximate surface area is 191 Å². The second-order valence-corrected chi connectivity index (χ2v) is 7.94. The fourth-order valence-electron chi connectivity index (χ4n) is 3.33. The highest BCUT2D eigenvalue weighted by Gasteiger charge is 2.29. The summed E-state index contributed by atoms with van der Waals surface area (Å²) in [5.41, 5.74) is 2.16. The Morgan fingerprint density at radius 1 is 1.09 bits per heavy atom. The number of carbonyl (C=O) groups excluding carboxylic acids is 1. The third-order valence-electron chi connectivity index (χ3n) is 5.40. The molecule has 6 nitrogen and oxygen atoms in total. The molecule has 9 heteroatoms. The third kappa shape index (κ3) is 8.09. The molecule has 33 heavy (non-hydrogen) atoms. The van der Waals surface area contributed by atoms with E-state index in [2.05, 4.69) is 15.8 Å². The van der Waals surface area contributed by atoms with Crippen molar-refractivity contribution < 1.29 is 27.5 Å². The number of hydrogen-bond acceptors (Lipinski definition) is 5. The molecule has 3 rings (SSSR count). The van der Waals surface area contributed by atoms with Gasteiger partial charge in [-0.3, -0.25) is 4.79 Å². The molecule has 1 saturated heterocycles. The number of ether oxygens (including phenoxy) is 1. The molecule has 1 aliphatic rings. The van der Waals surface area contributed by atoms with Crippen molar-refractivity contribution in [3.05, 3.63) is 65.2 Å². The van der Waals surface area contributed by atoms with Gasteiger partial charge in [-0.05, 0) is 61.1 Å². The van der Waals surface area contributed by atoms with Crippen LogP contribution in [0.25, 0.3) is 0 Å². The third-order valence-corrected chi connectivity index (χ3v) is 5.40. The first-order chi connectivity index (χ1) is 15.8. The second-order valence-electron chi connectivity index (χ2n) is 7.94. The fourth-order valence-corrected chi connectivity index (χ4v) is 3.33. The maximum absolute atomic E-state index is 12.6. The Hall–Kier alpha value is -3.07. The smallest absolute Gasteiger partial charge is 0.391 e. The van der Waals surface area contributed by atoms with Gasteiger partial charge in [0.1, 0.15) is 6.61 Å². The fraction of sp³-hybridized carbons (Fsp3) is 0.417. The van der Waals surface area contributed by atoms with Crippen LogP contribution in [-0.2, 0) is 27.2 Å². The average Bonchev–Trinajstić information content (AvgIpc) is 2.82. The molecule has 1 heterocycles. The molecule has 0 aromatic heterocycles. The van der Waals surface area contributed by atoms with Crippen LogP contribution >= 0.6 is 0 Å². The van der Waals surface area contributed by atoms with Crippen molar-refractivity contribution in [1.29, 1.82) is 0 Å². The van der Waals surface area contributed by atoms with Gasteiger partial charge in [-0.1, -0.05) is 29.4 Å². The largest absolute Gasteiger partial charge is 0.416 e. The maximum atomic E-state index is 12.6. The van der Waals surface area contributed by atoms with E-state index in [0.717, 1.165) is 49.4 Å². The van der Waals surface area contributed by atoms with E-state index in [4.69, 9.17) is 9.57 Å². The van der Waals surface area contributed by atoms with E-state index >= 15 is 0 Å². The minimum Gasteiger partial charge on any atom is -0.391 e. The Kier molecular flexibility index (Phi) is 8.71. The molecule has 1 fully saturated rings. The summed E-state index contributed by atoms with van der Waals surface area (Å²) in [7, 11) is 0. The summed E-state index contributed by atoms with van der Waals surface area (Å²) < 4.78 is 43.1. The highest BCUT2D eigenvalue weighted by Crippen LogP contribution is 2.29. The molecule has 2 aromatic carbocycles. The van der Waals surface area contributed by atoms with Crippen LogP contribution in [0, 0.1) is 5.92 Å². The maximum Gasteiger partial charge on any atom is 0.416 e. The number of benzene rings is 2. The predicted molar refractivity (Wildman–Crippen MR) is 120 cm³/mol. The van der Waals surface area contributed by atoms with Gasteiger partial charge in [0.05, 0.1) is 17.8 Å². The van der Waals surface area contributed by atoms with Gasteiger partial charge in [0.15, 0.2) is 0 Å². The van der Waals surface area contributed by atoms with Crippen LogP contribution in [0.5, 0.6) is 0 Å². The average molecular weight is 464 g/mol. The number of alkyl halides is 3. The van der Waals surface area contributed by atoms with E-state index in [1.54, 1.807) is 6.92 Å². The van der Waals surface area contributed by atoms with Gasteiger partial charge in [0.25, 0.3) is 0 Å². The van der Waals surface area contributed by atoms with Crippen molar-refractivity contribution in [1.82, 2.24) is 5.32 Å². The molecular formula is C24H28F3N3O3. The molecule has 0 saturated carbocycles. The number of carbonyl (C=O) groups is 1. The molecule has 178 valence electrons. The Morgan fingerprint density at radius 3 is 2.39 bits per heavy atom. The molecule has 1 amide bonds. The lowest BCUT2D eigenvalue weighted by Crippen LogP contribution is -2.35. The van der Waals surface area contributed by atoms with Crippen LogP contribution in [0.3, 0.4) is 0 Å². The van der Waals surface area contributed by atoms with E-state index in [0.29, 0.717) is 23.7 Å². The second kappa shape index (κ2) is 11.7. The van der Waals surface area contributed by atoms with Crippen molar-refractivity contribution in [2.75, 3.05) is 31.6 Å². The van der Waals surface area contributed by atoms with Gasteiger partial charge >= 0.3 is 6.18 Å². The summed E-state index contributed by atoms with van der Waals surface area (Å²) >= 11 is 0. The quantitative estimate of drug-likeness (QED) is 0.421. The van der Waals surface area contributed by atoms with Gasteiger partial charge in [-0.2, -0.15) is 13.2 Å². The molecule has 0 radical (unpaired) electrons. The first kappa shape index (κ1) is 24.6. The van der Waals surface area contributed by atoms with Crippen molar-refractivity contribution >= 4 is 17.3 Å². The zero-order valence-electron chi connectivity index (χ0n) is 18.5. The lowest BCUT2D eigenvalue weighted by Gasteiger charge is -2.22. The van der Waals surface area contributed by atoms with Gasteiger partial charge in [-0.25, -0.2) is 0 Å². The topological polar surface area (TPSA) is 72.0 Å². The normalized spacial score (nSPS) is 15.2. The SMILES string of the molecule is CC(=NOCc1ccc(C(F)(F)F)cc1)c1ccc(NCC(=O)NCC2CCOCC2)cc1. The zero-order valence-corrected chi connectivity index (χ0v) is 18.5. The van der Waals surface area contributed by atoms with E-state index in [1.807, 2.05) is 24.3 Å². The highest BCUT2D eigenvalue weighted by molar-refractivity contribution is 5.98. The lowest BCUT2D eigenvalue weighted by atomic mass is 10.0. The molecular weight excluding hydrogens is 435 g/mol. The van der Waals surface area contributed by atoms with Gasteiger partial charge in [-0.15, -0.1) is 0 Å². The number of amides is 1. The Bertz CT molecular complexity index is 923. The predicted octanol–water partition coefficient (Wildman–Crippen LogP) is 4.60. The van der Waals surface area contributed by atoms with Crippen molar-refractivity contribution in [3.63, 3.8) is 0 Å². The van der Waals surface area contributed by atoms with E-state index in [-0.39, 0.29) is 19.1 Å². The molecule has 2 N–H and O–H groups in total. The molecule has 2 aromatic rings. The van der Waals surface area contributed by atoms with Crippen LogP contribution in [0.2, 0.25) is 0 Å². The summed E-state index contributed by atoms with van der Waals surface area (Å²) in [5, 5.41) is 10.1. The van der Waals surface area contributed by atoms with Crippen molar-refractivity contribution in [3.8, 4) is 0 Å². The van der Waals surface area contributed by atoms with Gasteiger partial charge in [0.2, 0.25) is 5.91 Å². The number of halogens is 3. The molecule has 0 spiro atoms. The summed E-state index contributed by atoms with van der Waals surface area (Å²) in [6, 6.07) is 12.2. The number of rotatable bonds is 9. The number of nitrogens with zero attached hydrogens (tertiary/aromatic N) is 1. The monoisotopic (exact) mass is 463 g/mol. The standard InChI is InChI=1S/C24H28F3N3O3/c1-17(30-33-16-19-2-6-21(7-3-19)24(25,26)27)20-4-8-22(9-5-20)28-15-23(31)29-14-18-10-12-32-13-11-18/h2-9,18,28H,10-16H2,1H3,(H,29,31). The summed E-state index contributed by atoms with van der Waals surface area (Å²) in [5.74, 6) is 0.422. The van der Waals surface area contributed by atoms with Gasteiger partial charge < -0.3 is 20.2 Å². The van der Waals surface area contributed by atoms with Crippen LogP contribution < -0.4 is 10.6 Å². The highest BCUT2D eigenvalue weighted by atomic mass is 19.4. The Morgan fingerprint density at radius 2 is 1.76 bits per heavy atom. The number of anilines is 1. The van der Waals surface area contributed by atoms with Crippen molar-refractivity contribution in [2.24, 2.45) is 11.1 Å². The first-order valence-electron chi connectivity index (χ1n) is 10.8. The summed E-state index contributed by atoms with van der Waals surface area (Å²) in [4.78, 5) is 17.3. The molecule has 0 aliphatic carbocycles. The van der Waals surface area contributed by atoms with E-state index in [9.17, 15) is 18.0 Å². The summed E-state index contributed by atoms with van der Waals surface area (Å²) in [6.07, 6.45) is -2.40. The molecule has 1 aliphatic heterocycles. The summed E-state index contributed by atoms with van der Waals surface area (Å²) in [6.45, 7) is 4.22. The van der Waals surface area contributed by atoms with Crippen LogP contribution in [0.4, 0.5) is 18.9 Å².